The summed E-state index contributed by atoms with van der Waals surface area (Å²) in [5, 5.41) is 9.55. The molecular formula is C8H14O2. The molecule has 0 aromatic rings. The largest absolute Gasteiger partial charge is 0.365 e. The number of ether oxygens (including phenoxy) is 1. The summed E-state index contributed by atoms with van der Waals surface area (Å²) in [7, 11) is 0. The molecule has 1 atom stereocenters. The second-order valence-electron chi connectivity index (χ2n) is 2.73. The lowest BCUT2D eigenvalue weighted by Gasteiger charge is -2.19. The topological polar surface area (TPSA) is 29.5 Å². The van der Waals surface area contributed by atoms with Gasteiger partial charge in [0, 0.05) is 12.8 Å². The van der Waals surface area contributed by atoms with E-state index in [4.69, 9.17) is 4.74 Å². The molecular weight excluding hydrogens is 128 g/mol. The zero-order chi connectivity index (χ0) is 7.45. The molecule has 1 rings (SSSR count). The molecule has 1 aliphatic heterocycles. The Labute approximate surface area is 61.5 Å². The van der Waals surface area contributed by atoms with E-state index in [1.54, 1.807) is 6.08 Å². The van der Waals surface area contributed by atoms with Crippen LogP contribution >= 0.6 is 0 Å². The van der Waals surface area contributed by atoms with Crippen LogP contribution in [0, 0.1) is 0 Å². The summed E-state index contributed by atoms with van der Waals surface area (Å²) in [6, 6.07) is 0. The number of rotatable bonds is 3. The van der Waals surface area contributed by atoms with E-state index in [0.717, 1.165) is 19.3 Å². The maximum Gasteiger partial charge on any atom is 0.165 e. The zero-order valence-corrected chi connectivity index (χ0v) is 6.18. The molecule has 1 N–H and O–H groups in total. The molecule has 2 nitrogen and oxygen atoms in total. The Morgan fingerprint density at radius 2 is 2.50 bits per heavy atom. The molecule has 1 aliphatic rings. The van der Waals surface area contributed by atoms with Crippen molar-refractivity contribution in [3.8, 4) is 0 Å². The van der Waals surface area contributed by atoms with Crippen molar-refractivity contribution in [1.82, 2.24) is 0 Å². The molecule has 2 heteroatoms. The van der Waals surface area contributed by atoms with Crippen LogP contribution in [0.3, 0.4) is 0 Å². The van der Waals surface area contributed by atoms with Gasteiger partial charge in [-0.15, -0.1) is 6.58 Å². The average molecular weight is 142 g/mol. The van der Waals surface area contributed by atoms with Crippen molar-refractivity contribution in [3.05, 3.63) is 12.7 Å². The van der Waals surface area contributed by atoms with Crippen LogP contribution in [-0.4, -0.2) is 17.5 Å². The highest BCUT2D eigenvalue weighted by atomic mass is 16.6. The van der Waals surface area contributed by atoms with Gasteiger partial charge < -0.3 is 9.84 Å². The summed E-state index contributed by atoms with van der Waals surface area (Å²) in [6.45, 7) is 4.29. The van der Waals surface area contributed by atoms with Crippen LogP contribution in [0.5, 0.6) is 0 Å². The lowest BCUT2D eigenvalue weighted by Crippen LogP contribution is -2.26. The molecule has 0 amide bonds. The lowest BCUT2D eigenvalue weighted by molar-refractivity contribution is -0.174. The van der Waals surface area contributed by atoms with Gasteiger partial charge in [-0.05, 0) is 12.8 Å². The second kappa shape index (κ2) is 3.17. The van der Waals surface area contributed by atoms with Gasteiger partial charge in [-0.1, -0.05) is 6.08 Å². The Balaban J connectivity index is 2.28. The fraction of sp³-hybridized carbons (Fsp3) is 0.750. The second-order valence-corrected chi connectivity index (χ2v) is 2.73. The van der Waals surface area contributed by atoms with Crippen molar-refractivity contribution >= 4 is 0 Å². The smallest absolute Gasteiger partial charge is 0.165 e. The van der Waals surface area contributed by atoms with Crippen LogP contribution < -0.4 is 0 Å². The maximum absolute atomic E-state index is 9.55. The minimum Gasteiger partial charge on any atom is -0.365 e. The SMILES string of the molecule is C=CCCC1(O)CCCO1. The van der Waals surface area contributed by atoms with Crippen molar-refractivity contribution in [2.75, 3.05) is 6.61 Å². The molecule has 0 spiro atoms. The van der Waals surface area contributed by atoms with Gasteiger partial charge in [0.25, 0.3) is 0 Å². The van der Waals surface area contributed by atoms with E-state index in [1.165, 1.54) is 0 Å². The van der Waals surface area contributed by atoms with Crippen LogP contribution in [0.25, 0.3) is 0 Å². The number of hydrogen-bond acceptors (Lipinski definition) is 2. The van der Waals surface area contributed by atoms with Crippen LogP contribution in [0.4, 0.5) is 0 Å². The van der Waals surface area contributed by atoms with Gasteiger partial charge in [0.05, 0.1) is 6.61 Å². The highest BCUT2D eigenvalue weighted by Crippen LogP contribution is 2.26. The Morgan fingerprint density at radius 1 is 1.70 bits per heavy atom. The summed E-state index contributed by atoms with van der Waals surface area (Å²) in [6.07, 6.45) is 5.08. The molecule has 0 aromatic carbocycles. The molecule has 1 heterocycles. The van der Waals surface area contributed by atoms with E-state index < -0.39 is 5.79 Å². The minimum absolute atomic E-state index is 0.691. The van der Waals surface area contributed by atoms with Crippen molar-refractivity contribution in [3.63, 3.8) is 0 Å². The lowest BCUT2D eigenvalue weighted by atomic mass is 10.1. The fourth-order valence-electron chi connectivity index (χ4n) is 1.21. The highest BCUT2D eigenvalue weighted by Gasteiger charge is 2.30. The quantitative estimate of drug-likeness (QED) is 0.604. The Kier molecular flexibility index (Phi) is 2.46. The van der Waals surface area contributed by atoms with Gasteiger partial charge in [-0.25, -0.2) is 0 Å². The van der Waals surface area contributed by atoms with E-state index in [1.807, 2.05) is 0 Å². The van der Waals surface area contributed by atoms with Crippen LogP contribution in [0.15, 0.2) is 12.7 Å². The van der Waals surface area contributed by atoms with E-state index in [2.05, 4.69) is 6.58 Å². The van der Waals surface area contributed by atoms with Gasteiger partial charge in [-0.3, -0.25) is 0 Å². The van der Waals surface area contributed by atoms with Gasteiger partial charge in [0.2, 0.25) is 0 Å². The van der Waals surface area contributed by atoms with Crippen molar-refractivity contribution < 1.29 is 9.84 Å². The first kappa shape index (κ1) is 7.76. The molecule has 0 aliphatic carbocycles. The fourth-order valence-corrected chi connectivity index (χ4v) is 1.21. The first-order valence-electron chi connectivity index (χ1n) is 3.74. The average Bonchev–Trinajstić information content (AvgIpc) is 2.33. The number of allylic oxidation sites excluding steroid dienone is 1. The van der Waals surface area contributed by atoms with Crippen LogP contribution in [0.2, 0.25) is 0 Å². The van der Waals surface area contributed by atoms with E-state index in [0.29, 0.717) is 13.0 Å². The molecule has 0 radical (unpaired) electrons. The van der Waals surface area contributed by atoms with Gasteiger partial charge >= 0.3 is 0 Å². The van der Waals surface area contributed by atoms with Gasteiger partial charge in [0.15, 0.2) is 5.79 Å². The molecule has 0 aromatic heterocycles. The summed E-state index contributed by atoms with van der Waals surface area (Å²) >= 11 is 0. The number of hydrogen-bond donors (Lipinski definition) is 1. The Bertz CT molecular complexity index is 114. The maximum atomic E-state index is 9.55. The molecule has 0 bridgehead atoms. The molecule has 58 valence electrons. The Morgan fingerprint density at radius 3 is 3.00 bits per heavy atom. The van der Waals surface area contributed by atoms with Gasteiger partial charge in [0.1, 0.15) is 0 Å². The predicted molar refractivity (Wildman–Crippen MR) is 39.6 cm³/mol. The third-order valence-corrected chi connectivity index (χ3v) is 1.82. The van der Waals surface area contributed by atoms with Crippen LogP contribution in [0.1, 0.15) is 25.7 Å². The summed E-state index contributed by atoms with van der Waals surface area (Å²) in [5.74, 6) is -0.825. The minimum atomic E-state index is -0.825. The van der Waals surface area contributed by atoms with Crippen molar-refractivity contribution in [2.45, 2.75) is 31.5 Å². The standard InChI is InChI=1S/C8H14O2/c1-2-3-5-8(9)6-4-7-10-8/h2,9H,1,3-7H2. The van der Waals surface area contributed by atoms with Crippen molar-refractivity contribution in [1.29, 1.82) is 0 Å². The summed E-state index contributed by atoms with van der Waals surface area (Å²) in [5.41, 5.74) is 0. The molecule has 1 saturated heterocycles. The van der Waals surface area contributed by atoms with Gasteiger partial charge in [-0.2, -0.15) is 0 Å². The van der Waals surface area contributed by atoms with E-state index in [9.17, 15) is 5.11 Å². The zero-order valence-electron chi connectivity index (χ0n) is 6.18. The molecule has 1 unspecified atom stereocenters. The third-order valence-electron chi connectivity index (χ3n) is 1.82. The number of aliphatic hydroxyl groups is 1. The Hall–Kier alpha value is -0.340. The highest BCUT2D eigenvalue weighted by molar-refractivity contribution is 4.77. The first-order chi connectivity index (χ1) is 4.77. The monoisotopic (exact) mass is 142 g/mol. The van der Waals surface area contributed by atoms with Crippen molar-refractivity contribution in [2.24, 2.45) is 0 Å². The molecule has 0 saturated carbocycles. The molecule has 1 fully saturated rings. The van der Waals surface area contributed by atoms with Crippen LogP contribution in [-0.2, 0) is 4.74 Å². The third kappa shape index (κ3) is 1.82. The van der Waals surface area contributed by atoms with E-state index >= 15 is 0 Å². The first-order valence-corrected chi connectivity index (χ1v) is 3.74. The molecule has 10 heavy (non-hydrogen) atoms. The predicted octanol–water partition coefficient (Wildman–Crippen LogP) is 1.45. The normalized spacial score (nSPS) is 32.5. The summed E-state index contributed by atoms with van der Waals surface area (Å²) < 4.78 is 5.15. The summed E-state index contributed by atoms with van der Waals surface area (Å²) in [4.78, 5) is 0. The van der Waals surface area contributed by atoms with E-state index in [-0.39, 0.29) is 0 Å².